The summed E-state index contributed by atoms with van der Waals surface area (Å²) in [7, 11) is 1.63. The number of hydrogen-bond acceptors (Lipinski definition) is 5. The average Bonchev–Trinajstić information content (AvgIpc) is 3.16. The first-order chi connectivity index (χ1) is 10.7. The van der Waals surface area contributed by atoms with Crippen LogP contribution >= 0.6 is 0 Å². The number of rotatable bonds is 4. The number of nitrogens with zero attached hydrogens (tertiary/aromatic N) is 3. The highest BCUT2D eigenvalue weighted by atomic mass is 16.5. The Morgan fingerprint density at radius 1 is 1.45 bits per heavy atom. The standard InChI is InChI=1S/C16H19N3O3/c1-11-17-15(22-18-11)12-7-8-19(9-12)16(20)14-6-4-3-5-13(14)10-21-2/h3-6,12H,7-10H2,1-2H3/t12-/m0/s1. The van der Waals surface area contributed by atoms with Gasteiger partial charge in [0.15, 0.2) is 5.82 Å². The number of ether oxygens (including phenoxy) is 1. The zero-order chi connectivity index (χ0) is 15.5. The molecule has 1 atom stereocenters. The fourth-order valence-corrected chi connectivity index (χ4v) is 2.81. The van der Waals surface area contributed by atoms with E-state index in [0.29, 0.717) is 37.0 Å². The number of hydrogen-bond donors (Lipinski definition) is 0. The molecule has 1 aliphatic heterocycles. The highest BCUT2D eigenvalue weighted by Crippen LogP contribution is 2.27. The minimum absolute atomic E-state index is 0.0337. The van der Waals surface area contributed by atoms with Gasteiger partial charge in [0, 0.05) is 25.8 Å². The molecule has 1 aromatic carbocycles. The molecule has 1 saturated heterocycles. The van der Waals surface area contributed by atoms with Crippen LogP contribution in [0.2, 0.25) is 0 Å². The lowest BCUT2D eigenvalue weighted by atomic mass is 10.1. The van der Waals surface area contributed by atoms with Crippen LogP contribution in [0.4, 0.5) is 0 Å². The minimum atomic E-state index is 0.0337. The summed E-state index contributed by atoms with van der Waals surface area (Å²) in [5, 5.41) is 3.82. The Balaban J connectivity index is 1.74. The number of likely N-dealkylation sites (tertiary alicyclic amines) is 1. The number of carbonyl (C=O) groups is 1. The van der Waals surface area contributed by atoms with Gasteiger partial charge in [0.1, 0.15) is 0 Å². The number of aromatic nitrogens is 2. The van der Waals surface area contributed by atoms with Gasteiger partial charge in [-0.1, -0.05) is 23.4 Å². The molecule has 0 N–H and O–H groups in total. The van der Waals surface area contributed by atoms with Gasteiger partial charge in [-0.3, -0.25) is 4.79 Å². The molecule has 22 heavy (non-hydrogen) atoms. The van der Waals surface area contributed by atoms with E-state index >= 15 is 0 Å². The molecule has 1 fully saturated rings. The smallest absolute Gasteiger partial charge is 0.254 e. The summed E-state index contributed by atoms with van der Waals surface area (Å²) in [5.41, 5.74) is 1.61. The summed E-state index contributed by atoms with van der Waals surface area (Å²) in [6.07, 6.45) is 0.847. The molecule has 116 valence electrons. The van der Waals surface area contributed by atoms with Crippen LogP contribution in [0.15, 0.2) is 28.8 Å². The number of benzene rings is 1. The Labute approximate surface area is 129 Å². The van der Waals surface area contributed by atoms with Crippen molar-refractivity contribution in [2.45, 2.75) is 25.9 Å². The van der Waals surface area contributed by atoms with E-state index in [2.05, 4.69) is 10.1 Å². The molecule has 3 rings (SSSR count). The lowest BCUT2D eigenvalue weighted by Crippen LogP contribution is -2.29. The summed E-state index contributed by atoms with van der Waals surface area (Å²) in [5.74, 6) is 1.41. The maximum Gasteiger partial charge on any atom is 0.254 e. The van der Waals surface area contributed by atoms with Crippen LogP contribution < -0.4 is 0 Å². The van der Waals surface area contributed by atoms with Crippen molar-refractivity contribution in [2.75, 3.05) is 20.2 Å². The van der Waals surface area contributed by atoms with E-state index in [4.69, 9.17) is 9.26 Å². The van der Waals surface area contributed by atoms with Gasteiger partial charge in [-0.25, -0.2) is 0 Å². The van der Waals surface area contributed by atoms with Gasteiger partial charge in [-0.05, 0) is 25.0 Å². The van der Waals surface area contributed by atoms with Crippen molar-refractivity contribution in [3.63, 3.8) is 0 Å². The van der Waals surface area contributed by atoms with Crippen molar-refractivity contribution >= 4 is 5.91 Å². The maximum atomic E-state index is 12.7. The molecular weight excluding hydrogens is 282 g/mol. The third-order valence-electron chi connectivity index (χ3n) is 3.92. The molecule has 1 aromatic heterocycles. The van der Waals surface area contributed by atoms with E-state index in [9.17, 15) is 4.79 Å². The zero-order valence-corrected chi connectivity index (χ0v) is 12.8. The highest BCUT2D eigenvalue weighted by molar-refractivity contribution is 5.95. The molecular formula is C16H19N3O3. The summed E-state index contributed by atoms with van der Waals surface area (Å²) < 4.78 is 10.4. The van der Waals surface area contributed by atoms with E-state index in [1.807, 2.05) is 29.2 Å². The lowest BCUT2D eigenvalue weighted by Gasteiger charge is -2.18. The monoisotopic (exact) mass is 301 g/mol. The third kappa shape index (κ3) is 2.87. The predicted octanol–water partition coefficient (Wildman–Crippen LogP) is 2.15. The largest absolute Gasteiger partial charge is 0.380 e. The van der Waals surface area contributed by atoms with E-state index in [1.54, 1.807) is 14.0 Å². The van der Waals surface area contributed by atoms with Gasteiger partial charge in [0.25, 0.3) is 5.91 Å². The first kappa shape index (κ1) is 14.7. The quantitative estimate of drug-likeness (QED) is 0.865. The van der Waals surface area contributed by atoms with Crippen LogP contribution in [0.5, 0.6) is 0 Å². The summed E-state index contributed by atoms with van der Waals surface area (Å²) in [6, 6.07) is 7.56. The predicted molar refractivity (Wildman–Crippen MR) is 79.5 cm³/mol. The second-order valence-electron chi connectivity index (χ2n) is 5.51. The molecule has 0 spiro atoms. The van der Waals surface area contributed by atoms with Crippen LogP contribution in [0.3, 0.4) is 0 Å². The minimum Gasteiger partial charge on any atom is -0.380 e. The molecule has 0 saturated carbocycles. The fourth-order valence-electron chi connectivity index (χ4n) is 2.81. The highest BCUT2D eigenvalue weighted by Gasteiger charge is 2.31. The van der Waals surface area contributed by atoms with Gasteiger partial charge in [0.05, 0.1) is 12.5 Å². The summed E-state index contributed by atoms with van der Waals surface area (Å²) in [4.78, 5) is 18.8. The topological polar surface area (TPSA) is 68.5 Å². The van der Waals surface area contributed by atoms with Gasteiger partial charge >= 0.3 is 0 Å². The van der Waals surface area contributed by atoms with Crippen molar-refractivity contribution in [3.8, 4) is 0 Å². The van der Waals surface area contributed by atoms with E-state index < -0.39 is 0 Å². The Morgan fingerprint density at radius 3 is 3.00 bits per heavy atom. The fraction of sp³-hybridized carbons (Fsp3) is 0.438. The Kier molecular flexibility index (Phi) is 4.20. The summed E-state index contributed by atoms with van der Waals surface area (Å²) in [6.45, 7) is 3.54. The number of aryl methyl sites for hydroxylation is 1. The average molecular weight is 301 g/mol. The number of carbonyl (C=O) groups excluding carboxylic acids is 1. The third-order valence-corrected chi connectivity index (χ3v) is 3.92. The van der Waals surface area contributed by atoms with Gasteiger partial charge in [-0.15, -0.1) is 0 Å². The number of amides is 1. The molecule has 2 heterocycles. The first-order valence-corrected chi connectivity index (χ1v) is 7.35. The Hall–Kier alpha value is -2.21. The zero-order valence-electron chi connectivity index (χ0n) is 12.8. The molecule has 0 bridgehead atoms. The molecule has 1 aliphatic rings. The van der Waals surface area contributed by atoms with Crippen molar-refractivity contribution in [1.29, 1.82) is 0 Å². The van der Waals surface area contributed by atoms with Crippen molar-refractivity contribution < 1.29 is 14.1 Å². The molecule has 0 unspecified atom stereocenters. The number of methoxy groups -OCH3 is 1. The van der Waals surface area contributed by atoms with Crippen LogP contribution in [0.1, 0.15) is 40.0 Å². The molecule has 2 aromatic rings. The van der Waals surface area contributed by atoms with E-state index in [0.717, 1.165) is 12.0 Å². The van der Waals surface area contributed by atoms with Crippen LogP contribution in [-0.2, 0) is 11.3 Å². The molecule has 6 nitrogen and oxygen atoms in total. The SMILES string of the molecule is COCc1ccccc1C(=O)N1CC[C@H](c2nc(C)no2)C1. The van der Waals surface area contributed by atoms with Crippen molar-refractivity contribution in [1.82, 2.24) is 15.0 Å². The van der Waals surface area contributed by atoms with Gasteiger partial charge < -0.3 is 14.2 Å². The van der Waals surface area contributed by atoms with Crippen molar-refractivity contribution in [3.05, 3.63) is 47.1 Å². The molecule has 0 radical (unpaired) electrons. The van der Waals surface area contributed by atoms with E-state index in [-0.39, 0.29) is 11.8 Å². The summed E-state index contributed by atoms with van der Waals surface area (Å²) >= 11 is 0. The molecule has 6 heteroatoms. The van der Waals surface area contributed by atoms with E-state index in [1.165, 1.54) is 0 Å². The maximum absolute atomic E-state index is 12.7. The van der Waals surface area contributed by atoms with Crippen molar-refractivity contribution in [2.24, 2.45) is 0 Å². The Bertz CT molecular complexity index is 668. The van der Waals surface area contributed by atoms with Gasteiger partial charge in [0.2, 0.25) is 5.89 Å². The molecule has 1 amide bonds. The first-order valence-electron chi connectivity index (χ1n) is 7.35. The second-order valence-corrected chi connectivity index (χ2v) is 5.51. The lowest BCUT2D eigenvalue weighted by molar-refractivity contribution is 0.0784. The van der Waals surface area contributed by atoms with Crippen LogP contribution in [0.25, 0.3) is 0 Å². The van der Waals surface area contributed by atoms with Crippen LogP contribution in [0, 0.1) is 6.92 Å². The molecule has 0 aliphatic carbocycles. The normalized spacial score (nSPS) is 17.9. The second kappa shape index (κ2) is 6.27. The van der Waals surface area contributed by atoms with Gasteiger partial charge in [-0.2, -0.15) is 4.98 Å². The van der Waals surface area contributed by atoms with Crippen LogP contribution in [-0.4, -0.2) is 41.1 Å². The Morgan fingerprint density at radius 2 is 2.27 bits per heavy atom.